The molecule has 1 aliphatic heterocycles. The second kappa shape index (κ2) is 7.67. The average molecular weight is 242 g/mol. The molecule has 1 heterocycles. The number of hydrogen-bond donors (Lipinski definition) is 2. The van der Waals surface area contributed by atoms with Crippen LogP contribution in [0.4, 0.5) is 0 Å². The molecule has 2 N–H and O–H groups in total. The fourth-order valence-corrected chi connectivity index (χ4v) is 2.30. The molecule has 1 unspecified atom stereocenters. The molecule has 0 aromatic carbocycles. The summed E-state index contributed by atoms with van der Waals surface area (Å²) in [6.07, 6.45) is 5.13. The van der Waals surface area contributed by atoms with Crippen LogP contribution >= 0.6 is 0 Å². The molecule has 1 fully saturated rings. The van der Waals surface area contributed by atoms with E-state index in [1.807, 2.05) is 18.7 Å². The predicted octanol–water partition coefficient (Wildman–Crippen LogP) is 1.14. The zero-order chi connectivity index (χ0) is 12.7. The number of nitrogens with one attached hydrogen (secondary N) is 1. The lowest BCUT2D eigenvalue weighted by Crippen LogP contribution is -2.49. The molecule has 0 bridgehead atoms. The summed E-state index contributed by atoms with van der Waals surface area (Å²) >= 11 is 0. The quantitative estimate of drug-likeness (QED) is 0.760. The first-order chi connectivity index (χ1) is 8.16. The van der Waals surface area contributed by atoms with Crippen LogP contribution in [0.2, 0.25) is 0 Å². The Morgan fingerprint density at radius 1 is 1.41 bits per heavy atom. The maximum atomic E-state index is 12.4. The van der Waals surface area contributed by atoms with E-state index in [1.54, 1.807) is 0 Å². The van der Waals surface area contributed by atoms with Crippen molar-refractivity contribution in [2.45, 2.75) is 58.0 Å². The summed E-state index contributed by atoms with van der Waals surface area (Å²) < 4.78 is 0. The molecule has 1 atom stereocenters. The minimum absolute atomic E-state index is 0.0152. The van der Waals surface area contributed by atoms with Crippen LogP contribution < -0.4 is 5.32 Å². The molecule has 1 saturated heterocycles. The summed E-state index contributed by atoms with van der Waals surface area (Å²) in [6, 6.07) is 0.192. The smallest absolute Gasteiger partial charge is 0.239 e. The largest absolute Gasteiger partial charge is 0.396 e. The van der Waals surface area contributed by atoms with Crippen molar-refractivity contribution in [1.29, 1.82) is 0 Å². The van der Waals surface area contributed by atoms with Crippen molar-refractivity contribution in [1.82, 2.24) is 10.2 Å². The van der Waals surface area contributed by atoms with E-state index in [0.29, 0.717) is 13.0 Å². The summed E-state index contributed by atoms with van der Waals surface area (Å²) in [5.41, 5.74) is 0. The van der Waals surface area contributed by atoms with Crippen LogP contribution in [0.3, 0.4) is 0 Å². The third kappa shape index (κ3) is 4.64. The van der Waals surface area contributed by atoms with Crippen molar-refractivity contribution in [2.24, 2.45) is 0 Å². The minimum Gasteiger partial charge on any atom is -0.396 e. The Morgan fingerprint density at radius 2 is 2.18 bits per heavy atom. The first kappa shape index (κ1) is 14.5. The van der Waals surface area contributed by atoms with E-state index in [4.69, 9.17) is 5.11 Å². The fourth-order valence-electron chi connectivity index (χ4n) is 2.30. The number of amides is 1. The van der Waals surface area contributed by atoms with Crippen LogP contribution in [-0.2, 0) is 4.79 Å². The Kier molecular flexibility index (Phi) is 6.52. The van der Waals surface area contributed by atoms with Gasteiger partial charge in [-0.2, -0.15) is 0 Å². The van der Waals surface area contributed by atoms with Crippen LogP contribution in [0, 0.1) is 0 Å². The van der Waals surface area contributed by atoms with Gasteiger partial charge in [0.15, 0.2) is 0 Å². The van der Waals surface area contributed by atoms with Crippen molar-refractivity contribution in [3.63, 3.8) is 0 Å². The second-order valence-corrected chi connectivity index (χ2v) is 5.06. The maximum Gasteiger partial charge on any atom is 0.239 e. The molecular formula is C13H26N2O2. The lowest BCUT2D eigenvalue weighted by Gasteiger charge is -2.30. The van der Waals surface area contributed by atoms with Gasteiger partial charge in [0, 0.05) is 19.2 Å². The Labute approximate surface area is 104 Å². The average Bonchev–Trinajstić information content (AvgIpc) is 2.57. The molecular weight excluding hydrogens is 216 g/mol. The number of rotatable bonds is 5. The highest BCUT2D eigenvalue weighted by Gasteiger charge is 2.25. The molecule has 1 amide bonds. The molecule has 0 aromatic heterocycles. The van der Waals surface area contributed by atoms with E-state index in [1.165, 1.54) is 12.8 Å². The van der Waals surface area contributed by atoms with Gasteiger partial charge in [0.1, 0.15) is 0 Å². The maximum absolute atomic E-state index is 12.4. The molecule has 100 valence electrons. The minimum atomic E-state index is -0.0152. The summed E-state index contributed by atoms with van der Waals surface area (Å²) in [7, 11) is 0. The lowest BCUT2D eigenvalue weighted by atomic mass is 10.1. The molecule has 0 spiro atoms. The van der Waals surface area contributed by atoms with E-state index in [2.05, 4.69) is 5.32 Å². The van der Waals surface area contributed by atoms with Crippen molar-refractivity contribution in [3.8, 4) is 0 Å². The van der Waals surface area contributed by atoms with E-state index < -0.39 is 0 Å². The molecule has 1 aliphatic rings. The highest BCUT2D eigenvalue weighted by Crippen LogP contribution is 2.12. The van der Waals surface area contributed by atoms with Gasteiger partial charge in [-0.3, -0.25) is 4.79 Å². The molecule has 0 saturated carbocycles. The van der Waals surface area contributed by atoms with Gasteiger partial charge in [-0.05, 0) is 39.7 Å². The van der Waals surface area contributed by atoms with Gasteiger partial charge < -0.3 is 15.3 Å². The number of carbonyl (C=O) groups is 1. The van der Waals surface area contributed by atoms with E-state index >= 15 is 0 Å². The van der Waals surface area contributed by atoms with Crippen molar-refractivity contribution in [2.75, 3.05) is 19.7 Å². The van der Waals surface area contributed by atoms with Gasteiger partial charge in [0.05, 0.1) is 6.04 Å². The Morgan fingerprint density at radius 3 is 2.82 bits per heavy atom. The monoisotopic (exact) mass is 242 g/mol. The number of nitrogens with zero attached hydrogens (tertiary/aromatic N) is 1. The second-order valence-electron chi connectivity index (χ2n) is 5.06. The summed E-state index contributed by atoms with van der Waals surface area (Å²) in [5.74, 6) is 0.204. The van der Waals surface area contributed by atoms with Crippen LogP contribution in [0.25, 0.3) is 0 Å². The first-order valence-electron chi connectivity index (χ1n) is 6.81. The zero-order valence-corrected chi connectivity index (χ0v) is 11.1. The number of aliphatic hydroxyl groups is 1. The van der Waals surface area contributed by atoms with Crippen molar-refractivity contribution >= 4 is 5.91 Å². The van der Waals surface area contributed by atoms with Crippen LogP contribution in [-0.4, -0.2) is 47.7 Å². The third-order valence-corrected chi connectivity index (χ3v) is 3.32. The van der Waals surface area contributed by atoms with Crippen molar-refractivity contribution < 1.29 is 9.90 Å². The number of carbonyl (C=O) groups excluding carboxylic acids is 1. The first-order valence-corrected chi connectivity index (χ1v) is 6.81. The predicted molar refractivity (Wildman–Crippen MR) is 68.8 cm³/mol. The van der Waals surface area contributed by atoms with E-state index in [0.717, 1.165) is 19.4 Å². The SMILES string of the molecule is CC(C)N(CCCO)C(=O)C1CCCCCN1. The van der Waals surface area contributed by atoms with E-state index in [-0.39, 0.29) is 24.6 Å². The molecule has 0 aliphatic carbocycles. The standard InChI is InChI=1S/C13H26N2O2/c1-11(2)15(9-6-10-16)13(17)12-7-4-3-5-8-14-12/h11-12,14,16H,3-10H2,1-2H3. The Hall–Kier alpha value is -0.610. The normalized spacial score (nSPS) is 21.3. The molecule has 0 aromatic rings. The van der Waals surface area contributed by atoms with Crippen LogP contribution in [0.1, 0.15) is 46.0 Å². The van der Waals surface area contributed by atoms with Gasteiger partial charge >= 0.3 is 0 Å². The van der Waals surface area contributed by atoms with Gasteiger partial charge in [-0.1, -0.05) is 12.8 Å². The highest BCUT2D eigenvalue weighted by atomic mass is 16.3. The van der Waals surface area contributed by atoms with Crippen LogP contribution in [0.15, 0.2) is 0 Å². The third-order valence-electron chi connectivity index (χ3n) is 3.32. The molecule has 4 nitrogen and oxygen atoms in total. The zero-order valence-electron chi connectivity index (χ0n) is 11.1. The molecule has 1 rings (SSSR count). The summed E-state index contributed by atoms with van der Waals surface area (Å²) in [5, 5.41) is 12.2. The van der Waals surface area contributed by atoms with Gasteiger partial charge in [0.25, 0.3) is 0 Å². The lowest BCUT2D eigenvalue weighted by molar-refractivity contribution is -0.135. The van der Waals surface area contributed by atoms with Gasteiger partial charge in [0.2, 0.25) is 5.91 Å². The van der Waals surface area contributed by atoms with Crippen molar-refractivity contribution in [3.05, 3.63) is 0 Å². The number of hydrogen-bond acceptors (Lipinski definition) is 3. The summed E-state index contributed by atoms with van der Waals surface area (Å²) in [4.78, 5) is 14.3. The molecule has 0 radical (unpaired) electrons. The summed E-state index contributed by atoms with van der Waals surface area (Å²) in [6.45, 7) is 5.82. The topological polar surface area (TPSA) is 52.6 Å². The Bertz CT molecular complexity index is 223. The van der Waals surface area contributed by atoms with Crippen LogP contribution in [0.5, 0.6) is 0 Å². The highest BCUT2D eigenvalue weighted by molar-refractivity contribution is 5.82. The van der Waals surface area contributed by atoms with E-state index in [9.17, 15) is 4.79 Å². The molecule has 4 heteroatoms. The van der Waals surface area contributed by atoms with Gasteiger partial charge in [-0.15, -0.1) is 0 Å². The molecule has 17 heavy (non-hydrogen) atoms. The fraction of sp³-hybridized carbons (Fsp3) is 0.923. The number of aliphatic hydroxyl groups excluding tert-OH is 1. The van der Waals surface area contributed by atoms with Gasteiger partial charge in [-0.25, -0.2) is 0 Å². The Balaban J connectivity index is 2.55.